The molecule has 1 fully saturated rings. The topological polar surface area (TPSA) is 20.3 Å². The van der Waals surface area contributed by atoms with Gasteiger partial charge in [0.2, 0.25) is 0 Å². The molecule has 1 aliphatic heterocycles. The van der Waals surface area contributed by atoms with Crippen LogP contribution in [0.3, 0.4) is 0 Å². The van der Waals surface area contributed by atoms with Crippen LogP contribution in [0.4, 0.5) is 0 Å². The van der Waals surface area contributed by atoms with E-state index in [1.54, 1.807) is 0 Å². The van der Waals surface area contributed by atoms with Crippen LogP contribution in [0.2, 0.25) is 0 Å². The molecular weight excluding hydrogens is 234 g/mol. The number of rotatable bonds is 4. The highest BCUT2D eigenvalue weighted by Crippen LogP contribution is 2.23. The molecule has 1 aliphatic rings. The van der Waals surface area contributed by atoms with Crippen molar-refractivity contribution in [3.8, 4) is 0 Å². The van der Waals surface area contributed by atoms with Crippen LogP contribution in [0.25, 0.3) is 0 Å². The van der Waals surface area contributed by atoms with Gasteiger partial charge < -0.3 is 0 Å². The lowest BCUT2D eigenvalue weighted by atomic mass is 9.92. The van der Waals surface area contributed by atoms with Gasteiger partial charge in [-0.1, -0.05) is 36.8 Å². The van der Waals surface area contributed by atoms with Crippen molar-refractivity contribution in [1.82, 2.24) is 4.90 Å². The van der Waals surface area contributed by atoms with Crippen molar-refractivity contribution in [3.63, 3.8) is 0 Å². The predicted molar refractivity (Wildman–Crippen MR) is 79.6 cm³/mol. The quantitative estimate of drug-likeness (QED) is 0.769. The van der Waals surface area contributed by atoms with Gasteiger partial charge in [-0.25, -0.2) is 0 Å². The first-order chi connectivity index (χ1) is 9.08. The van der Waals surface area contributed by atoms with Crippen LogP contribution in [0.1, 0.15) is 49.0 Å². The molecule has 0 aliphatic carbocycles. The molecule has 104 valence electrons. The van der Waals surface area contributed by atoms with E-state index in [0.29, 0.717) is 12.5 Å². The van der Waals surface area contributed by atoms with Crippen molar-refractivity contribution in [1.29, 1.82) is 0 Å². The Morgan fingerprint density at radius 1 is 1.26 bits per heavy atom. The number of hydrogen-bond donors (Lipinski definition) is 0. The summed E-state index contributed by atoms with van der Waals surface area (Å²) in [6.45, 7) is 8.70. The second kappa shape index (κ2) is 6.33. The molecule has 0 aromatic heterocycles. The fraction of sp³-hybridized carbons (Fsp3) is 0.588. The molecule has 0 amide bonds. The van der Waals surface area contributed by atoms with Crippen molar-refractivity contribution < 1.29 is 4.79 Å². The van der Waals surface area contributed by atoms with Gasteiger partial charge in [-0.15, -0.1) is 0 Å². The summed E-state index contributed by atoms with van der Waals surface area (Å²) in [5, 5.41) is 0. The number of ketones is 1. The number of carbonyl (C=O) groups is 1. The maximum absolute atomic E-state index is 12.2. The van der Waals surface area contributed by atoms with E-state index in [0.717, 1.165) is 24.6 Å². The molecule has 0 spiro atoms. The van der Waals surface area contributed by atoms with E-state index in [9.17, 15) is 4.79 Å². The summed E-state index contributed by atoms with van der Waals surface area (Å²) >= 11 is 0. The van der Waals surface area contributed by atoms with Gasteiger partial charge in [-0.2, -0.15) is 0 Å². The number of Topliss-reactive ketones (excluding diaryl/α,β-unsaturated/α-hetero) is 1. The molecule has 2 nitrogen and oxygen atoms in total. The first-order valence-corrected chi connectivity index (χ1v) is 7.42. The number of likely N-dealkylation sites (tertiary alicyclic amines) is 1. The van der Waals surface area contributed by atoms with E-state index in [-0.39, 0.29) is 5.78 Å². The molecule has 0 bridgehead atoms. The molecule has 0 radical (unpaired) electrons. The summed E-state index contributed by atoms with van der Waals surface area (Å²) in [6, 6.07) is 8.52. The Bertz CT molecular complexity index is 423. The summed E-state index contributed by atoms with van der Waals surface area (Å²) in [4.78, 5) is 14.6. The van der Waals surface area contributed by atoms with Gasteiger partial charge in [0.15, 0.2) is 5.78 Å². The molecule has 1 aromatic rings. The van der Waals surface area contributed by atoms with Gasteiger partial charge in [-0.3, -0.25) is 9.69 Å². The third-order valence-corrected chi connectivity index (χ3v) is 4.50. The summed E-state index contributed by atoms with van der Waals surface area (Å²) in [6.07, 6.45) is 3.23. The van der Waals surface area contributed by atoms with E-state index < -0.39 is 0 Å². The first kappa shape index (κ1) is 14.3. The largest absolute Gasteiger partial charge is 0.300 e. The molecule has 0 N–H and O–H groups in total. The van der Waals surface area contributed by atoms with Gasteiger partial charge >= 0.3 is 0 Å². The molecule has 1 saturated heterocycles. The summed E-state index contributed by atoms with van der Waals surface area (Å²) in [5.74, 6) is 1.02. The zero-order valence-electron chi connectivity index (χ0n) is 12.4. The first-order valence-electron chi connectivity index (χ1n) is 7.42. The van der Waals surface area contributed by atoms with Crippen LogP contribution in [-0.4, -0.2) is 29.8 Å². The third-order valence-electron chi connectivity index (χ3n) is 4.50. The smallest absolute Gasteiger partial charge is 0.164 e. The number of nitrogens with zero attached hydrogens (tertiary/aromatic N) is 1. The molecule has 2 atom stereocenters. The van der Waals surface area contributed by atoms with Gasteiger partial charge in [0, 0.05) is 24.6 Å². The maximum Gasteiger partial charge on any atom is 0.164 e. The standard InChI is InChI=1S/C17H25NO/c1-13-6-8-16(9-7-13)17(19)10-12-18-11-4-5-14(2)15(18)3/h6-9,14-15H,4-5,10-12H2,1-3H3. The normalized spacial score (nSPS) is 24.4. The van der Waals surface area contributed by atoms with Crippen LogP contribution in [0.5, 0.6) is 0 Å². The monoisotopic (exact) mass is 259 g/mol. The number of piperidine rings is 1. The highest BCUT2D eigenvalue weighted by molar-refractivity contribution is 5.96. The van der Waals surface area contributed by atoms with E-state index in [1.807, 2.05) is 31.2 Å². The van der Waals surface area contributed by atoms with Crippen LogP contribution in [0, 0.1) is 12.8 Å². The Morgan fingerprint density at radius 3 is 2.63 bits per heavy atom. The van der Waals surface area contributed by atoms with Crippen molar-refractivity contribution >= 4 is 5.78 Å². The molecule has 2 rings (SSSR count). The minimum Gasteiger partial charge on any atom is -0.300 e. The van der Waals surface area contributed by atoms with Crippen LogP contribution in [0.15, 0.2) is 24.3 Å². The Hall–Kier alpha value is -1.15. The van der Waals surface area contributed by atoms with E-state index >= 15 is 0 Å². The van der Waals surface area contributed by atoms with Crippen molar-refractivity contribution in [3.05, 3.63) is 35.4 Å². The molecule has 1 aromatic carbocycles. The number of hydrogen-bond acceptors (Lipinski definition) is 2. The SMILES string of the molecule is Cc1ccc(C(=O)CCN2CCCC(C)C2C)cc1. The van der Waals surface area contributed by atoms with Crippen LogP contribution in [-0.2, 0) is 0 Å². The van der Waals surface area contributed by atoms with Crippen molar-refractivity contribution in [2.45, 2.75) is 46.1 Å². The maximum atomic E-state index is 12.2. The van der Waals surface area contributed by atoms with Crippen molar-refractivity contribution in [2.24, 2.45) is 5.92 Å². The number of benzene rings is 1. The van der Waals surface area contributed by atoms with E-state index in [2.05, 4.69) is 18.7 Å². The highest BCUT2D eigenvalue weighted by Gasteiger charge is 2.24. The van der Waals surface area contributed by atoms with Crippen LogP contribution < -0.4 is 0 Å². The van der Waals surface area contributed by atoms with Gasteiger partial charge in [0.25, 0.3) is 0 Å². The van der Waals surface area contributed by atoms with Gasteiger partial charge in [-0.05, 0) is 39.2 Å². The molecule has 1 heterocycles. The lowest BCUT2D eigenvalue weighted by Crippen LogP contribution is -2.43. The van der Waals surface area contributed by atoms with Gasteiger partial charge in [0.05, 0.1) is 0 Å². The van der Waals surface area contributed by atoms with E-state index in [4.69, 9.17) is 0 Å². The van der Waals surface area contributed by atoms with Crippen LogP contribution >= 0.6 is 0 Å². The Morgan fingerprint density at radius 2 is 1.95 bits per heavy atom. The predicted octanol–water partition coefficient (Wildman–Crippen LogP) is 3.69. The minimum absolute atomic E-state index is 0.269. The second-order valence-electron chi connectivity index (χ2n) is 5.94. The Kier molecular flexibility index (Phi) is 4.76. The Balaban J connectivity index is 1.88. The summed E-state index contributed by atoms with van der Waals surface area (Å²) < 4.78 is 0. The van der Waals surface area contributed by atoms with Crippen molar-refractivity contribution in [2.75, 3.05) is 13.1 Å². The molecule has 19 heavy (non-hydrogen) atoms. The summed E-state index contributed by atoms with van der Waals surface area (Å²) in [5.41, 5.74) is 2.05. The lowest BCUT2D eigenvalue weighted by Gasteiger charge is -2.37. The minimum atomic E-state index is 0.269. The molecular formula is C17H25NO. The molecule has 0 saturated carbocycles. The zero-order chi connectivity index (χ0) is 13.8. The number of aryl methyl sites for hydroxylation is 1. The highest BCUT2D eigenvalue weighted by atomic mass is 16.1. The second-order valence-corrected chi connectivity index (χ2v) is 5.94. The molecule has 2 heteroatoms. The average Bonchev–Trinajstić information content (AvgIpc) is 2.41. The number of carbonyl (C=O) groups excluding carboxylic acids is 1. The fourth-order valence-corrected chi connectivity index (χ4v) is 2.87. The average molecular weight is 259 g/mol. The zero-order valence-corrected chi connectivity index (χ0v) is 12.4. The fourth-order valence-electron chi connectivity index (χ4n) is 2.87. The lowest BCUT2D eigenvalue weighted by molar-refractivity contribution is 0.0878. The van der Waals surface area contributed by atoms with E-state index in [1.165, 1.54) is 18.4 Å². The summed E-state index contributed by atoms with van der Waals surface area (Å²) in [7, 11) is 0. The molecule has 2 unspecified atom stereocenters. The third kappa shape index (κ3) is 3.66. The van der Waals surface area contributed by atoms with Gasteiger partial charge in [0.1, 0.15) is 0 Å². The Labute approximate surface area is 116 Å².